The summed E-state index contributed by atoms with van der Waals surface area (Å²) in [5.74, 6) is 0.100. The molecule has 1 amide bonds. The highest BCUT2D eigenvalue weighted by molar-refractivity contribution is 5.93. The molecule has 1 saturated carbocycles. The lowest BCUT2D eigenvalue weighted by Gasteiger charge is -2.40. The lowest BCUT2D eigenvalue weighted by Crippen LogP contribution is -2.43. The van der Waals surface area contributed by atoms with Crippen molar-refractivity contribution in [2.45, 2.75) is 56.9 Å². The van der Waals surface area contributed by atoms with Crippen LogP contribution >= 0.6 is 0 Å². The highest BCUT2D eigenvalue weighted by Crippen LogP contribution is 2.32. The van der Waals surface area contributed by atoms with Crippen LogP contribution in [-0.4, -0.2) is 34.9 Å². The zero-order chi connectivity index (χ0) is 18.6. The lowest BCUT2D eigenvalue weighted by molar-refractivity contribution is 0.100. The zero-order valence-electron chi connectivity index (χ0n) is 15.9. The number of nitrogens with zero attached hydrogens (tertiary/aromatic N) is 2. The van der Waals surface area contributed by atoms with Crippen LogP contribution in [0.15, 0.2) is 42.5 Å². The van der Waals surface area contributed by atoms with Gasteiger partial charge in [0, 0.05) is 35.3 Å². The number of nitrogens with two attached hydrogens (primary N) is 1. The second-order valence-electron chi connectivity index (χ2n) is 8.02. The summed E-state index contributed by atoms with van der Waals surface area (Å²) in [5, 5.41) is 0. The first-order valence-corrected chi connectivity index (χ1v) is 10.3. The molecule has 4 rings (SSSR count). The van der Waals surface area contributed by atoms with Crippen LogP contribution in [0.4, 0.5) is 0 Å². The third kappa shape index (κ3) is 4.22. The van der Waals surface area contributed by atoms with Crippen LogP contribution in [0.2, 0.25) is 0 Å². The molecule has 2 aromatic rings. The maximum atomic E-state index is 11.5. The molecule has 142 valence electrons. The van der Waals surface area contributed by atoms with Crippen LogP contribution in [0, 0.1) is 0 Å². The average Bonchev–Trinajstić information content (AvgIpc) is 2.75. The summed E-state index contributed by atoms with van der Waals surface area (Å²) >= 11 is 0. The summed E-state index contributed by atoms with van der Waals surface area (Å²) in [6, 6.07) is 14.5. The monoisotopic (exact) mass is 363 g/mol. The summed E-state index contributed by atoms with van der Waals surface area (Å²) in [5.41, 5.74) is 9.01. The Hall–Kier alpha value is -2.20. The van der Waals surface area contributed by atoms with Gasteiger partial charge in [-0.3, -0.25) is 14.7 Å². The molecule has 2 aliphatic rings. The number of rotatable bonds is 4. The van der Waals surface area contributed by atoms with E-state index in [2.05, 4.69) is 17.0 Å². The molecule has 0 bridgehead atoms. The van der Waals surface area contributed by atoms with Gasteiger partial charge < -0.3 is 5.73 Å². The van der Waals surface area contributed by atoms with Crippen molar-refractivity contribution in [3.05, 3.63) is 53.7 Å². The topological polar surface area (TPSA) is 59.2 Å². The van der Waals surface area contributed by atoms with Crippen molar-refractivity contribution in [1.29, 1.82) is 0 Å². The van der Waals surface area contributed by atoms with Gasteiger partial charge in [0.1, 0.15) is 0 Å². The van der Waals surface area contributed by atoms with Crippen molar-refractivity contribution in [1.82, 2.24) is 9.88 Å². The van der Waals surface area contributed by atoms with Gasteiger partial charge in [0.2, 0.25) is 5.91 Å². The van der Waals surface area contributed by atoms with Gasteiger partial charge in [-0.15, -0.1) is 0 Å². The van der Waals surface area contributed by atoms with E-state index in [1.807, 2.05) is 24.3 Å². The number of hydrogen-bond acceptors (Lipinski definition) is 3. The number of pyridine rings is 1. The third-order valence-corrected chi connectivity index (χ3v) is 6.18. The number of amides is 1. The van der Waals surface area contributed by atoms with Gasteiger partial charge >= 0.3 is 0 Å². The van der Waals surface area contributed by atoms with Crippen LogP contribution in [0.5, 0.6) is 0 Å². The molecule has 0 unspecified atom stereocenters. The number of primary amides is 1. The fourth-order valence-electron chi connectivity index (χ4n) is 4.70. The minimum absolute atomic E-state index is 0.400. The van der Waals surface area contributed by atoms with E-state index in [1.165, 1.54) is 57.2 Å². The molecule has 1 saturated heterocycles. The Morgan fingerprint density at radius 1 is 1.00 bits per heavy atom. The van der Waals surface area contributed by atoms with Crippen molar-refractivity contribution in [3.8, 4) is 11.3 Å². The number of carbonyl (C=O) groups is 1. The number of likely N-dealkylation sites (tertiary alicyclic amines) is 1. The van der Waals surface area contributed by atoms with E-state index in [4.69, 9.17) is 10.7 Å². The second-order valence-corrected chi connectivity index (χ2v) is 8.02. The summed E-state index contributed by atoms with van der Waals surface area (Å²) in [4.78, 5) is 19.2. The van der Waals surface area contributed by atoms with Crippen molar-refractivity contribution in [2.24, 2.45) is 5.73 Å². The van der Waals surface area contributed by atoms with Gasteiger partial charge in [0.25, 0.3) is 0 Å². The van der Waals surface area contributed by atoms with Gasteiger partial charge in [0.05, 0.1) is 5.69 Å². The van der Waals surface area contributed by atoms with E-state index in [0.29, 0.717) is 11.5 Å². The first-order chi connectivity index (χ1) is 13.2. The van der Waals surface area contributed by atoms with Crippen LogP contribution in [0.1, 0.15) is 66.9 Å². The maximum Gasteiger partial charge on any atom is 0.248 e. The number of benzene rings is 1. The van der Waals surface area contributed by atoms with Crippen LogP contribution in [0.25, 0.3) is 11.3 Å². The number of aromatic nitrogens is 1. The fraction of sp³-hybridized carbons (Fsp3) is 0.478. The predicted molar refractivity (Wildman–Crippen MR) is 109 cm³/mol. The van der Waals surface area contributed by atoms with Gasteiger partial charge in [-0.1, -0.05) is 37.5 Å². The third-order valence-electron chi connectivity index (χ3n) is 6.18. The summed E-state index contributed by atoms with van der Waals surface area (Å²) in [7, 11) is 0. The van der Waals surface area contributed by atoms with Crippen LogP contribution in [0.3, 0.4) is 0 Å². The predicted octanol–water partition coefficient (Wildman–Crippen LogP) is 4.36. The van der Waals surface area contributed by atoms with E-state index in [0.717, 1.165) is 23.8 Å². The molecule has 2 N–H and O–H groups in total. The second kappa shape index (κ2) is 8.22. The van der Waals surface area contributed by atoms with Crippen LogP contribution < -0.4 is 5.73 Å². The van der Waals surface area contributed by atoms with Gasteiger partial charge in [-0.25, -0.2) is 0 Å². The van der Waals surface area contributed by atoms with Crippen LogP contribution in [-0.2, 0) is 0 Å². The molecule has 1 aliphatic carbocycles. The molecule has 2 heterocycles. The highest BCUT2D eigenvalue weighted by Gasteiger charge is 2.28. The molecular weight excluding hydrogens is 334 g/mol. The zero-order valence-corrected chi connectivity index (χ0v) is 15.9. The van der Waals surface area contributed by atoms with E-state index in [9.17, 15) is 4.79 Å². The number of carbonyl (C=O) groups excluding carboxylic acids is 1. The molecule has 0 spiro atoms. The fourth-order valence-corrected chi connectivity index (χ4v) is 4.70. The van der Waals surface area contributed by atoms with Gasteiger partial charge in [0.15, 0.2) is 0 Å². The largest absolute Gasteiger partial charge is 0.366 e. The molecule has 27 heavy (non-hydrogen) atoms. The standard InChI is InChI=1S/C23H29N3O/c24-23(27)18-8-4-7-17(15-18)21-12-5-13-22(25-21)19-9-6-14-26(16-19)20-10-2-1-3-11-20/h4-5,7-8,12-13,15,19-20H,1-3,6,9-11,14,16H2,(H2,24,27)/t19-/m1/s1. The minimum Gasteiger partial charge on any atom is -0.366 e. The average molecular weight is 364 g/mol. The van der Waals surface area contributed by atoms with E-state index in [-0.39, 0.29) is 0 Å². The molecule has 4 heteroatoms. The molecule has 1 aliphatic heterocycles. The van der Waals surface area contributed by atoms with Crippen molar-refractivity contribution >= 4 is 5.91 Å². The Morgan fingerprint density at radius 3 is 2.63 bits per heavy atom. The quantitative estimate of drug-likeness (QED) is 0.878. The normalized spacial score (nSPS) is 21.9. The van der Waals surface area contributed by atoms with E-state index >= 15 is 0 Å². The summed E-state index contributed by atoms with van der Waals surface area (Å²) < 4.78 is 0. The van der Waals surface area contributed by atoms with E-state index < -0.39 is 5.91 Å². The van der Waals surface area contributed by atoms with Gasteiger partial charge in [-0.05, 0) is 56.5 Å². The molecule has 0 radical (unpaired) electrons. The molecule has 1 atom stereocenters. The van der Waals surface area contributed by atoms with Crippen molar-refractivity contribution < 1.29 is 4.79 Å². The maximum absolute atomic E-state index is 11.5. The highest BCUT2D eigenvalue weighted by atomic mass is 16.1. The Balaban J connectivity index is 1.53. The Morgan fingerprint density at radius 2 is 1.81 bits per heavy atom. The van der Waals surface area contributed by atoms with Gasteiger partial charge in [-0.2, -0.15) is 0 Å². The molecule has 2 fully saturated rings. The first-order valence-electron chi connectivity index (χ1n) is 10.3. The SMILES string of the molecule is NC(=O)c1cccc(-c2cccc([C@@H]3CCCN(C4CCCCC4)C3)n2)c1. The lowest BCUT2D eigenvalue weighted by atomic mass is 9.88. The number of hydrogen-bond donors (Lipinski definition) is 1. The molecular formula is C23H29N3O. The Labute approximate surface area is 161 Å². The van der Waals surface area contributed by atoms with E-state index in [1.54, 1.807) is 6.07 Å². The molecule has 1 aromatic heterocycles. The van der Waals surface area contributed by atoms with Crippen molar-refractivity contribution in [2.75, 3.05) is 13.1 Å². The first kappa shape index (κ1) is 18.2. The molecule has 1 aromatic carbocycles. The van der Waals surface area contributed by atoms with Crippen molar-refractivity contribution in [3.63, 3.8) is 0 Å². The minimum atomic E-state index is -0.400. The Bertz CT molecular complexity index is 798. The summed E-state index contributed by atoms with van der Waals surface area (Å²) in [6.45, 7) is 2.37. The Kier molecular flexibility index (Phi) is 5.53. The smallest absolute Gasteiger partial charge is 0.248 e. The number of piperidine rings is 1. The summed E-state index contributed by atoms with van der Waals surface area (Å²) in [6.07, 6.45) is 9.36. The molecule has 4 nitrogen and oxygen atoms in total.